The molecule has 0 unspecified atom stereocenters. The van der Waals surface area contributed by atoms with Gasteiger partial charge in [-0.1, -0.05) is 44.2 Å². The molecule has 2 aromatic heterocycles. The van der Waals surface area contributed by atoms with Crippen LogP contribution in [0.3, 0.4) is 0 Å². The van der Waals surface area contributed by atoms with E-state index in [1.165, 1.54) is 11.3 Å². The number of thiazole rings is 1. The maximum Gasteiger partial charge on any atom is 0.211 e. The van der Waals surface area contributed by atoms with Gasteiger partial charge in [0, 0.05) is 22.4 Å². The molecule has 136 valence electrons. The second-order valence-corrected chi connectivity index (χ2v) is 7.52. The standard InChI is InChI=1S/C21H19N3O2S/c1-14(2)12-26-17-8-9-18-19(10-17)24(21-22-16(11-25)13-27-21)23-20(18)15-6-4-3-5-7-15/h3-11,13-14H,12H2,1-2H3. The van der Waals surface area contributed by atoms with Crippen molar-refractivity contribution in [2.75, 3.05) is 6.61 Å². The molecule has 2 aromatic carbocycles. The topological polar surface area (TPSA) is 57.0 Å². The van der Waals surface area contributed by atoms with Gasteiger partial charge in [-0.3, -0.25) is 4.79 Å². The summed E-state index contributed by atoms with van der Waals surface area (Å²) in [4.78, 5) is 15.4. The van der Waals surface area contributed by atoms with Gasteiger partial charge in [0.1, 0.15) is 17.1 Å². The van der Waals surface area contributed by atoms with Crippen LogP contribution in [-0.2, 0) is 0 Å². The van der Waals surface area contributed by atoms with E-state index in [1.54, 1.807) is 10.1 Å². The number of ether oxygens (including phenoxy) is 1. The van der Waals surface area contributed by atoms with Gasteiger partial charge >= 0.3 is 0 Å². The Kier molecular flexibility index (Phi) is 4.73. The van der Waals surface area contributed by atoms with E-state index in [2.05, 4.69) is 18.8 Å². The van der Waals surface area contributed by atoms with E-state index in [-0.39, 0.29) is 0 Å². The second-order valence-electron chi connectivity index (χ2n) is 6.68. The summed E-state index contributed by atoms with van der Waals surface area (Å²) in [6.07, 6.45) is 0.751. The molecule has 0 radical (unpaired) electrons. The third-order valence-corrected chi connectivity index (χ3v) is 4.93. The number of rotatable bonds is 6. The average molecular weight is 377 g/mol. The molecule has 0 fully saturated rings. The lowest BCUT2D eigenvalue weighted by molar-refractivity contribution is 0.111. The Morgan fingerprint density at radius 1 is 1.19 bits per heavy atom. The molecule has 0 aliphatic heterocycles. The fraction of sp³-hybridized carbons (Fsp3) is 0.190. The van der Waals surface area contributed by atoms with Crippen molar-refractivity contribution < 1.29 is 9.53 Å². The molecule has 0 bridgehead atoms. The van der Waals surface area contributed by atoms with Gasteiger partial charge in [0.25, 0.3) is 0 Å². The van der Waals surface area contributed by atoms with Crippen molar-refractivity contribution in [1.82, 2.24) is 14.8 Å². The molecule has 0 atom stereocenters. The van der Waals surface area contributed by atoms with Crippen LogP contribution < -0.4 is 4.74 Å². The Morgan fingerprint density at radius 3 is 2.70 bits per heavy atom. The van der Waals surface area contributed by atoms with Gasteiger partial charge in [0.2, 0.25) is 5.13 Å². The zero-order valence-corrected chi connectivity index (χ0v) is 15.9. The van der Waals surface area contributed by atoms with Crippen LogP contribution in [0, 0.1) is 5.92 Å². The Bertz CT molecular complexity index is 1080. The van der Waals surface area contributed by atoms with Gasteiger partial charge < -0.3 is 4.74 Å². The summed E-state index contributed by atoms with van der Waals surface area (Å²) in [7, 11) is 0. The van der Waals surface area contributed by atoms with E-state index in [4.69, 9.17) is 9.84 Å². The van der Waals surface area contributed by atoms with Crippen molar-refractivity contribution in [2.45, 2.75) is 13.8 Å². The van der Waals surface area contributed by atoms with E-state index >= 15 is 0 Å². The number of benzene rings is 2. The summed E-state index contributed by atoms with van der Waals surface area (Å²) < 4.78 is 7.68. The van der Waals surface area contributed by atoms with E-state index in [0.717, 1.165) is 34.2 Å². The Hall–Kier alpha value is -2.99. The molecule has 27 heavy (non-hydrogen) atoms. The Labute approximate surface area is 161 Å². The molecule has 0 amide bonds. The molecule has 6 heteroatoms. The lowest BCUT2D eigenvalue weighted by Crippen LogP contribution is -2.04. The molecule has 2 heterocycles. The normalized spacial score (nSPS) is 11.2. The Morgan fingerprint density at radius 2 is 2.00 bits per heavy atom. The maximum atomic E-state index is 11.0. The van der Waals surface area contributed by atoms with Gasteiger partial charge in [-0.15, -0.1) is 11.3 Å². The summed E-state index contributed by atoms with van der Waals surface area (Å²) in [6, 6.07) is 16.0. The van der Waals surface area contributed by atoms with Crippen molar-refractivity contribution in [3.63, 3.8) is 0 Å². The molecular formula is C21H19N3O2S. The number of aldehydes is 1. The molecule has 0 aliphatic carbocycles. The van der Waals surface area contributed by atoms with Crippen LogP contribution in [0.2, 0.25) is 0 Å². The van der Waals surface area contributed by atoms with Crippen LogP contribution in [-0.4, -0.2) is 27.7 Å². The van der Waals surface area contributed by atoms with Crippen LogP contribution in [0.5, 0.6) is 5.75 Å². The van der Waals surface area contributed by atoms with E-state index in [1.807, 2.05) is 48.5 Å². The summed E-state index contributed by atoms with van der Waals surface area (Å²) in [5, 5.41) is 8.21. The molecule has 0 saturated carbocycles. The number of hydrogen-bond donors (Lipinski definition) is 0. The highest BCUT2D eigenvalue weighted by atomic mass is 32.1. The molecule has 4 rings (SSSR count). The van der Waals surface area contributed by atoms with Gasteiger partial charge in [0.05, 0.1) is 12.1 Å². The van der Waals surface area contributed by atoms with Crippen molar-refractivity contribution in [2.24, 2.45) is 5.92 Å². The van der Waals surface area contributed by atoms with Gasteiger partial charge in [-0.2, -0.15) is 5.10 Å². The summed E-state index contributed by atoms with van der Waals surface area (Å²) in [5.41, 5.74) is 3.22. The minimum atomic E-state index is 0.409. The maximum absolute atomic E-state index is 11.0. The smallest absolute Gasteiger partial charge is 0.211 e. The molecule has 0 spiro atoms. The van der Waals surface area contributed by atoms with Gasteiger partial charge in [-0.05, 0) is 18.1 Å². The Balaban J connectivity index is 1.88. The zero-order chi connectivity index (χ0) is 18.8. The molecular weight excluding hydrogens is 358 g/mol. The number of fused-ring (bicyclic) bond motifs is 1. The summed E-state index contributed by atoms with van der Waals surface area (Å²) >= 11 is 1.39. The predicted molar refractivity (Wildman–Crippen MR) is 108 cm³/mol. The van der Waals surface area contributed by atoms with Crippen LogP contribution in [0.25, 0.3) is 27.3 Å². The monoisotopic (exact) mass is 377 g/mol. The lowest BCUT2D eigenvalue weighted by atomic mass is 10.1. The van der Waals surface area contributed by atoms with Crippen LogP contribution in [0.1, 0.15) is 24.3 Å². The number of carbonyl (C=O) groups excluding carboxylic acids is 1. The quantitative estimate of drug-likeness (QED) is 0.444. The predicted octanol–water partition coefficient (Wildman–Crippen LogP) is 5.00. The van der Waals surface area contributed by atoms with E-state index in [0.29, 0.717) is 23.4 Å². The molecule has 0 aliphatic rings. The van der Waals surface area contributed by atoms with Crippen molar-refractivity contribution in [1.29, 1.82) is 0 Å². The SMILES string of the molecule is CC(C)COc1ccc2c(-c3ccccc3)nn(-c3nc(C=O)cs3)c2c1. The largest absolute Gasteiger partial charge is 0.493 e. The summed E-state index contributed by atoms with van der Waals surface area (Å²) in [5.74, 6) is 1.24. The van der Waals surface area contributed by atoms with E-state index in [9.17, 15) is 4.79 Å². The van der Waals surface area contributed by atoms with Crippen LogP contribution in [0.15, 0.2) is 53.9 Å². The molecule has 0 N–H and O–H groups in total. The number of hydrogen-bond acceptors (Lipinski definition) is 5. The highest BCUT2D eigenvalue weighted by Gasteiger charge is 2.16. The second kappa shape index (κ2) is 7.32. The molecule has 5 nitrogen and oxygen atoms in total. The fourth-order valence-electron chi connectivity index (χ4n) is 2.83. The number of aromatic nitrogens is 3. The van der Waals surface area contributed by atoms with Crippen molar-refractivity contribution in [3.05, 3.63) is 59.6 Å². The minimum Gasteiger partial charge on any atom is -0.493 e. The van der Waals surface area contributed by atoms with Gasteiger partial charge in [-0.25, -0.2) is 9.67 Å². The van der Waals surface area contributed by atoms with Crippen LogP contribution in [0.4, 0.5) is 0 Å². The first kappa shape index (κ1) is 17.4. The number of nitrogens with zero attached hydrogens (tertiary/aromatic N) is 3. The first-order valence-corrected chi connectivity index (χ1v) is 9.66. The molecule has 4 aromatic rings. The van der Waals surface area contributed by atoms with Crippen molar-refractivity contribution in [3.8, 4) is 22.1 Å². The highest BCUT2D eigenvalue weighted by Crippen LogP contribution is 2.33. The van der Waals surface area contributed by atoms with Gasteiger partial charge in [0.15, 0.2) is 6.29 Å². The third kappa shape index (κ3) is 3.48. The number of carbonyl (C=O) groups is 1. The minimum absolute atomic E-state index is 0.409. The van der Waals surface area contributed by atoms with E-state index < -0.39 is 0 Å². The fourth-order valence-corrected chi connectivity index (χ4v) is 3.56. The van der Waals surface area contributed by atoms with Crippen molar-refractivity contribution >= 4 is 28.5 Å². The third-order valence-electron chi connectivity index (χ3n) is 4.09. The zero-order valence-electron chi connectivity index (χ0n) is 15.1. The highest BCUT2D eigenvalue weighted by molar-refractivity contribution is 7.12. The lowest BCUT2D eigenvalue weighted by Gasteiger charge is -2.09. The summed E-state index contributed by atoms with van der Waals surface area (Å²) in [6.45, 7) is 4.89. The average Bonchev–Trinajstić information content (AvgIpc) is 3.31. The van der Waals surface area contributed by atoms with Crippen LogP contribution >= 0.6 is 11.3 Å². The first-order chi connectivity index (χ1) is 13.2. The first-order valence-electron chi connectivity index (χ1n) is 8.78. The molecule has 0 saturated heterocycles.